The van der Waals surface area contributed by atoms with Crippen LogP contribution in [0.4, 0.5) is 0 Å². The van der Waals surface area contributed by atoms with Gasteiger partial charge in [-0.15, -0.1) is 11.3 Å². The van der Waals surface area contributed by atoms with Gasteiger partial charge < -0.3 is 4.57 Å². The second-order valence-electron chi connectivity index (χ2n) is 4.11. The lowest BCUT2D eigenvalue weighted by Gasteiger charge is -2.05. The monoisotopic (exact) mass is 239 g/mol. The second kappa shape index (κ2) is 3.90. The van der Waals surface area contributed by atoms with Gasteiger partial charge in [-0.3, -0.25) is 0 Å². The molecule has 0 N–H and O–H groups in total. The van der Waals surface area contributed by atoms with Gasteiger partial charge >= 0.3 is 0 Å². The van der Waals surface area contributed by atoms with Crippen LogP contribution in [0, 0.1) is 14.0 Å². The van der Waals surface area contributed by atoms with Gasteiger partial charge in [0.05, 0.1) is 6.20 Å². The Kier molecular flexibility index (Phi) is 2.37. The molecular weight excluding hydrogens is 226 g/mol. The molecule has 0 fully saturated rings. The first-order valence-electron chi connectivity index (χ1n) is 5.57. The van der Waals surface area contributed by atoms with Gasteiger partial charge in [0.2, 0.25) is 0 Å². The van der Waals surface area contributed by atoms with Crippen LogP contribution in [-0.4, -0.2) is 0 Å². The maximum atomic E-state index is 4.03. The van der Waals surface area contributed by atoms with Gasteiger partial charge in [0.25, 0.3) is 0 Å². The van der Waals surface area contributed by atoms with Gasteiger partial charge in [-0.1, -0.05) is 30.3 Å². The molecule has 0 unspecified atom stereocenters. The van der Waals surface area contributed by atoms with Crippen LogP contribution in [-0.2, 0) is 0 Å². The van der Waals surface area contributed by atoms with E-state index in [-0.39, 0.29) is 0 Å². The van der Waals surface area contributed by atoms with E-state index in [9.17, 15) is 0 Å². The fourth-order valence-corrected chi connectivity index (χ4v) is 3.35. The summed E-state index contributed by atoms with van der Waals surface area (Å²) >= 11 is 1.83. The molecule has 0 amide bonds. The van der Waals surface area contributed by atoms with Crippen molar-refractivity contribution in [2.75, 3.05) is 0 Å². The van der Waals surface area contributed by atoms with E-state index in [0.29, 0.717) is 0 Å². The second-order valence-corrected chi connectivity index (χ2v) is 5.16. The highest BCUT2D eigenvalue weighted by Crippen LogP contribution is 2.36. The largest absolute Gasteiger partial charge is 0.332 e. The molecule has 2 aromatic heterocycles. The van der Waals surface area contributed by atoms with Crippen LogP contribution < -0.4 is 4.57 Å². The summed E-state index contributed by atoms with van der Waals surface area (Å²) in [4.78, 5) is 1.31. The molecule has 0 saturated heterocycles. The number of aromatic nitrogens is 1. The zero-order chi connectivity index (χ0) is 11.8. The van der Waals surface area contributed by atoms with E-state index in [1.807, 2.05) is 28.2 Å². The third kappa shape index (κ3) is 1.61. The lowest BCUT2D eigenvalue weighted by molar-refractivity contribution is -0.600. The number of benzene rings is 1. The standard InChI is InChI=1S/C15H13NS/c1-11-12-7-3-4-9-14(12)17-15(11)13-8-5-6-10-16(13)2/h3-10H,2H2,1H3. The predicted molar refractivity (Wildman–Crippen MR) is 72.9 cm³/mol. The molecule has 1 nitrogen and oxygen atoms in total. The third-order valence-corrected chi connectivity index (χ3v) is 4.31. The molecule has 3 aromatic rings. The van der Waals surface area contributed by atoms with Crippen molar-refractivity contribution in [1.29, 1.82) is 0 Å². The van der Waals surface area contributed by atoms with Crippen molar-refractivity contribution in [3.8, 4) is 10.6 Å². The zero-order valence-electron chi connectivity index (χ0n) is 9.68. The van der Waals surface area contributed by atoms with E-state index in [1.165, 1.54) is 26.2 Å². The minimum absolute atomic E-state index is 1.17. The fraction of sp³-hybridized carbons (Fsp3) is 0.0667. The maximum absolute atomic E-state index is 4.03. The number of rotatable bonds is 1. The fourth-order valence-electron chi connectivity index (χ4n) is 2.10. The molecule has 0 saturated carbocycles. The Morgan fingerprint density at radius 1 is 1.06 bits per heavy atom. The van der Waals surface area contributed by atoms with Crippen molar-refractivity contribution < 1.29 is 4.57 Å². The normalized spacial score (nSPS) is 10.9. The van der Waals surface area contributed by atoms with Crippen LogP contribution in [0.25, 0.3) is 20.7 Å². The van der Waals surface area contributed by atoms with Crippen LogP contribution in [0.1, 0.15) is 5.56 Å². The molecule has 84 valence electrons. The summed E-state index contributed by atoms with van der Waals surface area (Å²) in [6.45, 7) is 2.18. The summed E-state index contributed by atoms with van der Waals surface area (Å²) < 4.78 is 3.27. The Hall–Kier alpha value is -1.80. The Morgan fingerprint density at radius 2 is 1.82 bits per heavy atom. The highest BCUT2D eigenvalue weighted by molar-refractivity contribution is 7.22. The van der Waals surface area contributed by atoms with Crippen LogP contribution in [0.3, 0.4) is 0 Å². The summed E-state index contributed by atoms with van der Waals surface area (Å²) in [6, 6.07) is 14.7. The number of hydrogen-bond acceptors (Lipinski definition) is 1. The number of nitrogens with zero attached hydrogens (tertiary/aromatic N) is 1. The first-order chi connectivity index (χ1) is 8.27. The van der Waals surface area contributed by atoms with Gasteiger partial charge in [-0.2, -0.15) is 0 Å². The molecular formula is C15H13NS. The van der Waals surface area contributed by atoms with E-state index < -0.39 is 0 Å². The topological polar surface area (TPSA) is 3.88 Å². The quantitative estimate of drug-likeness (QED) is 0.449. The number of aryl methyl sites for hydroxylation is 1. The molecule has 0 radical (unpaired) electrons. The lowest BCUT2D eigenvalue weighted by Crippen LogP contribution is -2.27. The minimum Gasteiger partial charge on any atom is -0.332 e. The molecule has 0 aliphatic carbocycles. The highest BCUT2D eigenvalue weighted by Gasteiger charge is 2.11. The number of thiophene rings is 1. The molecule has 3 rings (SSSR count). The first kappa shape index (κ1) is 10.4. The minimum atomic E-state index is 1.17. The Balaban J connectivity index is 2.32. The van der Waals surface area contributed by atoms with E-state index in [1.54, 1.807) is 0 Å². The molecule has 0 atom stereocenters. The number of fused-ring (bicyclic) bond motifs is 1. The van der Waals surface area contributed by atoms with Crippen molar-refractivity contribution in [3.63, 3.8) is 0 Å². The van der Waals surface area contributed by atoms with Gasteiger partial charge in [-0.25, -0.2) is 0 Å². The summed E-state index contributed by atoms with van der Waals surface area (Å²) in [5.74, 6) is 0. The Morgan fingerprint density at radius 3 is 2.59 bits per heavy atom. The Labute approximate surface area is 105 Å². The molecule has 0 spiro atoms. The SMILES string of the molecule is [CH2-][n+]1ccccc1-c1sc2ccccc2c1C. The van der Waals surface area contributed by atoms with E-state index in [0.717, 1.165) is 0 Å². The predicted octanol–water partition coefficient (Wildman–Crippen LogP) is 3.80. The summed E-state index contributed by atoms with van der Waals surface area (Å²) in [6.07, 6.45) is 1.99. The average Bonchev–Trinajstić information content (AvgIpc) is 2.68. The summed E-state index contributed by atoms with van der Waals surface area (Å²) in [5.41, 5.74) is 2.51. The van der Waals surface area contributed by atoms with Crippen molar-refractivity contribution in [3.05, 3.63) is 61.3 Å². The molecule has 1 aromatic carbocycles. The molecule has 0 bridgehead atoms. The molecule has 2 heteroatoms. The number of hydrogen-bond donors (Lipinski definition) is 0. The van der Waals surface area contributed by atoms with E-state index in [2.05, 4.69) is 50.4 Å². The van der Waals surface area contributed by atoms with Crippen LogP contribution in [0.15, 0.2) is 48.7 Å². The average molecular weight is 239 g/mol. The van der Waals surface area contributed by atoms with Crippen molar-refractivity contribution in [2.24, 2.45) is 0 Å². The molecule has 0 aliphatic heterocycles. The van der Waals surface area contributed by atoms with E-state index >= 15 is 0 Å². The summed E-state index contributed by atoms with van der Waals surface area (Å²) in [7, 11) is 4.03. The van der Waals surface area contributed by atoms with Crippen LogP contribution in [0.5, 0.6) is 0 Å². The molecule has 2 heterocycles. The first-order valence-corrected chi connectivity index (χ1v) is 6.39. The Bertz CT molecular complexity index is 682. The van der Waals surface area contributed by atoms with Crippen molar-refractivity contribution in [1.82, 2.24) is 0 Å². The molecule has 0 aliphatic rings. The van der Waals surface area contributed by atoms with Crippen molar-refractivity contribution >= 4 is 21.4 Å². The molecule has 17 heavy (non-hydrogen) atoms. The van der Waals surface area contributed by atoms with Crippen LogP contribution in [0.2, 0.25) is 0 Å². The van der Waals surface area contributed by atoms with Gasteiger partial charge in [0, 0.05) is 16.6 Å². The zero-order valence-corrected chi connectivity index (χ0v) is 10.5. The van der Waals surface area contributed by atoms with Gasteiger partial charge in [0.1, 0.15) is 5.69 Å². The van der Waals surface area contributed by atoms with Crippen LogP contribution >= 0.6 is 11.3 Å². The van der Waals surface area contributed by atoms with Crippen molar-refractivity contribution in [2.45, 2.75) is 6.92 Å². The number of pyridine rings is 1. The maximum Gasteiger partial charge on any atom is 0.122 e. The van der Waals surface area contributed by atoms with Gasteiger partial charge in [-0.05, 0) is 30.0 Å². The highest BCUT2D eigenvalue weighted by atomic mass is 32.1. The lowest BCUT2D eigenvalue weighted by atomic mass is 10.1. The van der Waals surface area contributed by atoms with Gasteiger partial charge in [0.15, 0.2) is 0 Å². The van der Waals surface area contributed by atoms with E-state index in [4.69, 9.17) is 0 Å². The smallest absolute Gasteiger partial charge is 0.122 e. The third-order valence-electron chi connectivity index (χ3n) is 3.02. The summed E-state index contributed by atoms with van der Waals surface area (Å²) in [5, 5.41) is 1.34.